The molecule has 1 saturated heterocycles. The fraction of sp³-hybridized carbons (Fsp3) is 0.778. The van der Waals surface area contributed by atoms with Crippen molar-refractivity contribution in [1.29, 1.82) is 0 Å². The van der Waals surface area contributed by atoms with Gasteiger partial charge in [-0.3, -0.25) is 11.3 Å². The fourth-order valence-corrected chi connectivity index (χ4v) is 4.32. The van der Waals surface area contributed by atoms with Crippen molar-refractivity contribution < 1.29 is 0 Å². The van der Waals surface area contributed by atoms with Gasteiger partial charge in [0.25, 0.3) is 0 Å². The van der Waals surface area contributed by atoms with Gasteiger partial charge in [0.2, 0.25) is 0 Å². The Bertz CT molecular complexity index is 147. The van der Waals surface area contributed by atoms with E-state index in [1.807, 2.05) is 29.6 Å². The first-order chi connectivity index (χ1) is 6.38. The number of hydrogen-bond acceptors (Lipinski definition) is 4. The molecule has 0 aromatic heterocycles. The van der Waals surface area contributed by atoms with E-state index in [4.69, 9.17) is 5.84 Å². The second-order valence-electron chi connectivity index (χ2n) is 3.12. The Morgan fingerprint density at radius 2 is 2.46 bits per heavy atom. The van der Waals surface area contributed by atoms with Crippen molar-refractivity contribution in [2.75, 3.05) is 17.3 Å². The zero-order chi connectivity index (χ0) is 9.52. The minimum absolute atomic E-state index is 0.454. The van der Waals surface area contributed by atoms with Crippen molar-refractivity contribution >= 4 is 23.5 Å². The summed E-state index contributed by atoms with van der Waals surface area (Å²) >= 11 is 4.09. The van der Waals surface area contributed by atoms with Crippen molar-refractivity contribution in [3.63, 3.8) is 0 Å². The third-order valence-corrected chi connectivity index (χ3v) is 5.11. The van der Waals surface area contributed by atoms with Gasteiger partial charge in [0.05, 0.1) is 0 Å². The molecule has 0 aliphatic carbocycles. The molecule has 1 aliphatic rings. The second-order valence-corrected chi connectivity index (χ2v) is 5.62. The van der Waals surface area contributed by atoms with Crippen LogP contribution in [-0.2, 0) is 0 Å². The maximum Gasteiger partial charge on any atom is 0.0340 e. The van der Waals surface area contributed by atoms with E-state index in [0.29, 0.717) is 11.3 Å². The van der Waals surface area contributed by atoms with E-state index in [1.165, 1.54) is 17.3 Å². The van der Waals surface area contributed by atoms with Gasteiger partial charge >= 0.3 is 0 Å². The number of rotatable bonds is 5. The third kappa shape index (κ3) is 3.94. The predicted molar refractivity (Wildman–Crippen MR) is 64.1 cm³/mol. The number of thioether (sulfide) groups is 2. The SMILES string of the molecule is C=CCCC(NN)C1CSCCS1. The molecule has 2 nitrogen and oxygen atoms in total. The first-order valence-corrected chi connectivity index (χ1v) is 6.85. The van der Waals surface area contributed by atoms with Crippen molar-refractivity contribution in [3.8, 4) is 0 Å². The Morgan fingerprint density at radius 1 is 1.62 bits per heavy atom. The Balaban J connectivity index is 2.29. The van der Waals surface area contributed by atoms with E-state index in [-0.39, 0.29) is 0 Å². The number of hydrazine groups is 1. The lowest BCUT2D eigenvalue weighted by Gasteiger charge is -2.28. The predicted octanol–water partition coefficient (Wildman–Crippen LogP) is 1.63. The average molecular weight is 218 g/mol. The lowest BCUT2D eigenvalue weighted by molar-refractivity contribution is 0.496. The molecule has 13 heavy (non-hydrogen) atoms. The standard InChI is InChI=1S/C9H18N2S2/c1-2-3-4-8(11-10)9-7-12-5-6-13-9/h2,8-9,11H,1,3-7,10H2. The molecule has 0 radical (unpaired) electrons. The van der Waals surface area contributed by atoms with Gasteiger partial charge < -0.3 is 0 Å². The number of allylic oxidation sites excluding steroid dienone is 1. The molecular formula is C9H18N2S2. The van der Waals surface area contributed by atoms with E-state index in [0.717, 1.165) is 12.8 Å². The zero-order valence-electron chi connectivity index (χ0n) is 7.87. The van der Waals surface area contributed by atoms with Crippen LogP contribution in [0.5, 0.6) is 0 Å². The lowest BCUT2D eigenvalue weighted by Crippen LogP contribution is -2.44. The molecule has 1 fully saturated rings. The first kappa shape index (κ1) is 11.4. The van der Waals surface area contributed by atoms with Crippen molar-refractivity contribution in [2.45, 2.75) is 24.1 Å². The minimum atomic E-state index is 0.454. The highest BCUT2D eigenvalue weighted by molar-refractivity contribution is 8.06. The Labute approximate surface area is 89.1 Å². The van der Waals surface area contributed by atoms with Crippen LogP contribution in [0.2, 0.25) is 0 Å². The summed E-state index contributed by atoms with van der Waals surface area (Å²) in [4.78, 5) is 0. The molecule has 1 aliphatic heterocycles. The van der Waals surface area contributed by atoms with Crippen molar-refractivity contribution in [2.24, 2.45) is 5.84 Å². The summed E-state index contributed by atoms with van der Waals surface area (Å²) in [6.07, 6.45) is 4.12. The zero-order valence-corrected chi connectivity index (χ0v) is 9.50. The average Bonchev–Trinajstić information content (AvgIpc) is 2.21. The largest absolute Gasteiger partial charge is 0.271 e. The Morgan fingerprint density at radius 3 is 3.00 bits per heavy atom. The van der Waals surface area contributed by atoms with Gasteiger partial charge in [-0.05, 0) is 12.8 Å². The summed E-state index contributed by atoms with van der Waals surface area (Å²) in [6, 6.07) is 0.454. The summed E-state index contributed by atoms with van der Waals surface area (Å²) in [7, 11) is 0. The molecule has 76 valence electrons. The van der Waals surface area contributed by atoms with Crippen LogP contribution in [0.25, 0.3) is 0 Å². The van der Waals surface area contributed by atoms with Crippen LogP contribution in [0, 0.1) is 0 Å². The maximum absolute atomic E-state index is 5.54. The van der Waals surface area contributed by atoms with Crippen molar-refractivity contribution in [3.05, 3.63) is 12.7 Å². The van der Waals surface area contributed by atoms with E-state index < -0.39 is 0 Å². The molecule has 0 saturated carbocycles. The number of nitrogens with one attached hydrogen (secondary N) is 1. The Hall–Kier alpha value is 0.360. The quantitative estimate of drug-likeness (QED) is 0.418. The minimum Gasteiger partial charge on any atom is -0.271 e. The highest BCUT2D eigenvalue weighted by Gasteiger charge is 2.22. The monoisotopic (exact) mass is 218 g/mol. The number of nitrogens with two attached hydrogens (primary N) is 1. The molecule has 2 atom stereocenters. The maximum atomic E-state index is 5.54. The van der Waals surface area contributed by atoms with Gasteiger partial charge in [0.15, 0.2) is 0 Å². The smallest absolute Gasteiger partial charge is 0.0340 e. The van der Waals surface area contributed by atoms with Crippen LogP contribution < -0.4 is 11.3 Å². The summed E-state index contributed by atoms with van der Waals surface area (Å²) in [5, 5.41) is 0.684. The van der Waals surface area contributed by atoms with Gasteiger partial charge in [-0.25, -0.2) is 0 Å². The van der Waals surface area contributed by atoms with Gasteiger partial charge in [0, 0.05) is 28.6 Å². The van der Waals surface area contributed by atoms with Crippen LogP contribution in [0.15, 0.2) is 12.7 Å². The molecule has 0 bridgehead atoms. The second kappa shape index (κ2) is 6.76. The summed E-state index contributed by atoms with van der Waals surface area (Å²) < 4.78 is 0. The van der Waals surface area contributed by atoms with Crippen molar-refractivity contribution in [1.82, 2.24) is 5.43 Å². The molecule has 0 aromatic carbocycles. The molecule has 0 aromatic rings. The van der Waals surface area contributed by atoms with E-state index >= 15 is 0 Å². The fourth-order valence-electron chi connectivity index (χ4n) is 1.41. The van der Waals surface area contributed by atoms with Crippen LogP contribution in [-0.4, -0.2) is 28.6 Å². The van der Waals surface area contributed by atoms with Crippen LogP contribution in [0.4, 0.5) is 0 Å². The molecule has 0 spiro atoms. The van der Waals surface area contributed by atoms with E-state index in [1.54, 1.807) is 0 Å². The number of hydrogen-bond donors (Lipinski definition) is 2. The van der Waals surface area contributed by atoms with Crippen LogP contribution in [0.1, 0.15) is 12.8 Å². The first-order valence-electron chi connectivity index (χ1n) is 4.65. The van der Waals surface area contributed by atoms with Crippen LogP contribution in [0.3, 0.4) is 0 Å². The van der Waals surface area contributed by atoms with Gasteiger partial charge in [-0.2, -0.15) is 23.5 Å². The summed E-state index contributed by atoms with van der Waals surface area (Å²) in [5.41, 5.74) is 2.92. The molecule has 1 rings (SSSR count). The third-order valence-electron chi connectivity index (χ3n) is 2.19. The van der Waals surface area contributed by atoms with E-state index in [9.17, 15) is 0 Å². The van der Waals surface area contributed by atoms with Crippen LogP contribution >= 0.6 is 23.5 Å². The molecule has 1 heterocycles. The molecule has 2 unspecified atom stereocenters. The molecular weight excluding hydrogens is 200 g/mol. The topological polar surface area (TPSA) is 38.0 Å². The normalized spacial score (nSPS) is 25.5. The highest BCUT2D eigenvalue weighted by atomic mass is 32.2. The van der Waals surface area contributed by atoms with Gasteiger partial charge in [-0.15, -0.1) is 6.58 Å². The highest BCUT2D eigenvalue weighted by Crippen LogP contribution is 2.27. The summed E-state index contributed by atoms with van der Waals surface area (Å²) in [6.45, 7) is 3.73. The van der Waals surface area contributed by atoms with Gasteiger partial charge in [0.1, 0.15) is 0 Å². The van der Waals surface area contributed by atoms with E-state index in [2.05, 4.69) is 12.0 Å². The molecule has 0 amide bonds. The molecule has 4 heteroatoms. The van der Waals surface area contributed by atoms with Gasteiger partial charge in [-0.1, -0.05) is 6.08 Å². The summed E-state index contributed by atoms with van der Waals surface area (Å²) in [5.74, 6) is 9.33. The Kier molecular flexibility index (Phi) is 5.95. The molecule has 3 N–H and O–H groups in total. The lowest BCUT2D eigenvalue weighted by atomic mass is 10.1.